The van der Waals surface area contributed by atoms with Crippen LogP contribution in [0.1, 0.15) is 24.8 Å². The largest absolute Gasteiger partial charge is 0.496 e. The summed E-state index contributed by atoms with van der Waals surface area (Å²) in [7, 11) is 3.02. The lowest BCUT2D eigenvalue weighted by Crippen LogP contribution is -2.00. The molecule has 17 heavy (non-hydrogen) atoms. The summed E-state index contributed by atoms with van der Waals surface area (Å²) >= 11 is 0. The second kappa shape index (κ2) is 6.74. The van der Waals surface area contributed by atoms with Crippen LogP contribution in [0, 0.1) is 0 Å². The molecule has 1 atom stereocenters. The molecule has 0 N–H and O–H groups in total. The van der Waals surface area contributed by atoms with Crippen LogP contribution in [0.25, 0.3) is 0 Å². The molecule has 0 heterocycles. The van der Waals surface area contributed by atoms with Gasteiger partial charge in [-0.1, -0.05) is 31.2 Å². The molecule has 3 nitrogen and oxygen atoms in total. The molecule has 1 unspecified atom stereocenters. The van der Waals surface area contributed by atoms with Crippen molar-refractivity contribution in [3.8, 4) is 5.75 Å². The molecule has 0 radical (unpaired) electrons. The third-order valence-corrected chi connectivity index (χ3v) is 2.64. The SMILES string of the molecule is CCC(/C=C/C(=O)OC)c1ccccc1OC. The summed E-state index contributed by atoms with van der Waals surface area (Å²) in [4.78, 5) is 11.1. The molecule has 0 aromatic heterocycles. The number of methoxy groups -OCH3 is 2. The summed E-state index contributed by atoms with van der Waals surface area (Å²) in [5.41, 5.74) is 1.08. The molecular weight excluding hydrogens is 216 g/mol. The van der Waals surface area contributed by atoms with Gasteiger partial charge >= 0.3 is 5.97 Å². The monoisotopic (exact) mass is 234 g/mol. The van der Waals surface area contributed by atoms with Crippen molar-refractivity contribution in [1.29, 1.82) is 0 Å². The van der Waals surface area contributed by atoms with Crippen LogP contribution in [0.5, 0.6) is 5.75 Å². The van der Waals surface area contributed by atoms with Crippen LogP contribution in [0.3, 0.4) is 0 Å². The van der Waals surface area contributed by atoms with E-state index in [2.05, 4.69) is 11.7 Å². The van der Waals surface area contributed by atoms with E-state index < -0.39 is 0 Å². The Morgan fingerprint density at radius 3 is 2.65 bits per heavy atom. The zero-order chi connectivity index (χ0) is 12.7. The fourth-order valence-electron chi connectivity index (χ4n) is 1.70. The second-order valence-electron chi connectivity index (χ2n) is 3.64. The van der Waals surface area contributed by atoms with Crippen LogP contribution in [0.4, 0.5) is 0 Å². The van der Waals surface area contributed by atoms with E-state index in [4.69, 9.17) is 4.74 Å². The molecule has 0 aliphatic heterocycles. The number of hydrogen-bond acceptors (Lipinski definition) is 3. The number of carbonyl (C=O) groups is 1. The summed E-state index contributed by atoms with van der Waals surface area (Å²) < 4.78 is 9.89. The number of ether oxygens (including phenoxy) is 2. The van der Waals surface area contributed by atoms with Crippen LogP contribution in [0.15, 0.2) is 36.4 Å². The highest BCUT2D eigenvalue weighted by molar-refractivity contribution is 5.81. The maximum atomic E-state index is 11.1. The average Bonchev–Trinajstić information content (AvgIpc) is 2.39. The molecule has 92 valence electrons. The van der Waals surface area contributed by atoms with Crippen LogP contribution < -0.4 is 4.74 Å². The Labute approximate surface area is 102 Å². The van der Waals surface area contributed by atoms with Crippen molar-refractivity contribution >= 4 is 5.97 Å². The molecule has 0 aliphatic carbocycles. The first-order valence-corrected chi connectivity index (χ1v) is 5.62. The first kappa shape index (κ1) is 13.3. The zero-order valence-electron chi connectivity index (χ0n) is 10.5. The number of allylic oxidation sites excluding steroid dienone is 1. The lowest BCUT2D eigenvalue weighted by Gasteiger charge is -2.14. The highest BCUT2D eigenvalue weighted by atomic mass is 16.5. The lowest BCUT2D eigenvalue weighted by atomic mass is 9.95. The predicted molar refractivity (Wildman–Crippen MR) is 67.2 cm³/mol. The summed E-state index contributed by atoms with van der Waals surface area (Å²) in [6.07, 6.45) is 4.21. The molecular formula is C14H18O3. The predicted octanol–water partition coefficient (Wildman–Crippen LogP) is 2.92. The van der Waals surface area contributed by atoms with Gasteiger partial charge < -0.3 is 9.47 Å². The molecule has 0 saturated heterocycles. The molecule has 0 spiro atoms. The number of carbonyl (C=O) groups excluding carboxylic acids is 1. The number of esters is 1. The third-order valence-electron chi connectivity index (χ3n) is 2.64. The number of benzene rings is 1. The van der Waals surface area contributed by atoms with E-state index in [1.807, 2.05) is 30.3 Å². The lowest BCUT2D eigenvalue weighted by molar-refractivity contribution is -0.134. The van der Waals surface area contributed by atoms with Crippen LogP contribution in [0.2, 0.25) is 0 Å². The highest BCUT2D eigenvalue weighted by Crippen LogP contribution is 2.29. The number of para-hydroxylation sites is 1. The van der Waals surface area contributed by atoms with E-state index in [0.717, 1.165) is 17.7 Å². The molecule has 1 aromatic rings. The minimum Gasteiger partial charge on any atom is -0.496 e. The van der Waals surface area contributed by atoms with Gasteiger partial charge in [-0.15, -0.1) is 0 Å². The highest BCUT2D eigenvalue weighted by Gasteiger charge is 2.11. The van der Waals surface area contributed by atoms with Crippen LogP contribution in [-0.2, 0) is 9.53 Å². The van der Waals surface area contributed by atoms with E-state index in [-0.39, 0.29) is 11.9 Å². The van der Waals surface area contributed by atoms with Crippen molar-refractivity contribution in [2.45, 2.75) is 19.3 Å². The van der Waals surface area contributed by atoms with Crippen molar-refractivity contribution in [2.75, 3.05) is 14.2 Å². The Morgan fingerprint density at radius 2 is 2.06 bits per heavy atom. The smallest absolute Gasteiger partial charge is 0.330 e. The van der Waals surface area contributed by atoms with Crippen molar-refractivity contribution in [3.05, 3.63) is 42.0 Å². The van der Waals surface area contributed by atoms with Gasteiger partial charge in [0.05, 0.1) is 14.2 Å². The standard InChI is InChI=1S/C14H18O3/c1-4-11(9-10-14(15)17-3)12-7-5-6-8-13(12)16-2/h5-11H,4H2,1-3H3/b10-9+. The van der Waals surface area contributed by atoms with Crippen LogP contribution >= 0.6 is 0 Å². The summed E-state index contributed by atoms with van der Waals surface area (Å²) in [5.74, 6) is 0.664. The van der Waals surface area contributed by atoms with E-state index in [1.165, 1.54) is 13.2 Å². The molecule has 1 rings (SSSR count). The fourth-order valence-corrected chi connectivity index (χ4v) is 1.70. The number of hydrogen-bond donors (Lipinski definition) is 0. The molecule has 0 aliphatic rings. The summed E-state index contributed by atoms with van der Waals surface area (Å²) in [5, 5.41) is 0. The molecule has 0 amide bonds. The van der Waals surface area contributed by atoms with Gasteiger partial charge in [0.15, 0.2) is 0 Å². The Balaban J connectivity index is 2.93. The Bertz CT molecular complexity index is 396. The van der Waals surface area contributed by atoms with Gasteiger partial charge in [0.25, 0.3) is 0 Å². The van der Waals surface area contributed by atoms with Crippen molar-refractivity contribution in [1.82, 2.24) is 0 Å². The van der Waals surface area contributed by atoms with Gasteiger partial charge in [0.2, 0.25) is 0 Å². The fraction of sp³-hybridized carbons (Fsp3) is 0.357. The minimum atomic E-state index is -0.335. The van der Waals surface area contributed by atoms with E-state index in [1.54, 1.807) is 7.11 Å². The quantitative estimate of drug-likeness (QED) is 0.580. The first-order chi connectivity index (χ1) is 8.22. The molecule has 0 saturated carbocycles. The Morgan fingerprint density at radius 1 is 1.35 bits per heavy atom. The molecule has 0 bridgehead atoms. The van der Waals surface area contributed by atoms with Gasteiger partial charge in [0.1, 0.15) is 5.75 Å². The van der Waals surface area contributed by atoms with E-state index in [9.17, 15) is 4.79 Å². The van der Waals surface area contributed by atoms with Crippen molar-refractivity contribution in [3.63, 3.8) is 0 Å². The minimum absolute atomic E-state index is 0.158. The normalized spacial score (nSPS) is 12.4. The van der Waals surface area contributed by atoms with Gasteiger partial charge in [0, 0.05) is 17.6 Å². The Kier molecular flexibility index (Phi) is 5.27. The average molecular weight is 234 g/mol. The van der Waals surface area contributed by atoms with E-state index >= 15 is 0 Å². The number of rotatable bonds is 5. The Hall–Kier alpha value is -1.77. The van der Waals surface area contributed by atoms with Crippen LogP contribution in [-0.4, -0.2) is 20.2 Å². The van der Waals surface area contributed by atoms with Gasteiger partial charge in [-0.2, -0.15) is 0 Å². The van der Waals surface area contributed by atoms with Gasteiger partial charge in [-0.05, 0) is 12.5 Å². The topological polar surface area (TPSA) is 35.5 Å². The maximum Gasteiger partial charge on any atom is 0.330 e. The molecule has 1 aromatic carbocycles. The van der Waals surface area contributed by atoms with E-state index in [0.29, 0.717) is 0 Å². The molecule has 0 fully saturated rings. The van der Waals surface area contributed by atoms with Gasteiger partial charge in [-0.3, -0.25) is 0 Å². The summed E-state index contributed by atoms with van der Waals surface area (Å²) in [6, 6.07) is 7.82. The maximum absolute atomic E-state index is 11.1. The van der Waals surface area contributed by atoms with Crippen molar-refractivity contribution < 1.29 is 14.3 Å². The second-order valence-corrected chi connectivity index (χ2v) is 3.64. The van der Waals surface area contributed by atoms with Crippen molar-refractivity contribution in [2.24, 2.45) is 0 Å². The molecule has 3 heteroatoms. The first-order valence-electron chi connectivity index (χ1n) is 5.62. The third kappa shape index (κ3) is 3.63. The van der Waals surface area contributed by atoms with Gasteiger partial charge in [-0.25, -0.2) is 4.79 Å². The zero-order valence-corrected chi connectivity index (χ0v) is 10.5. The summed E-state index contributed by atoms with van der Waals surface area (Å²) in [6.45, 7) is 2.07.